The van der Waals surface area contributed by atoms with Gasteiger partial charge in [0.2, 0.25) is 0 Å². The fraction of sp³-hybridized carbons (Fsp3) is 1.00. The molecular weight excluding hydrogens is 226 g/mol. The van der Waals surface area contributed by atoms with E-state index in [4.69, 9.17) is 0 Å². The molecule has 1 aliphatic carbocycles. The van der Waals surface area contributed by atoms with E-state index in [2.05, 4.69) is 4.90 Å². The monoisotopic (exact) mass is 255 g/mol. The Hall–Kier alpha value is -0.120. The highest BCUT2D eigenvalue weighted by atomic mass is 16.3. The number of aliphatic hydroxyl groups excluding tert-OH is 2. The molecule has 2 N–H and O–H groups in total. The van der Waals surface area contributed by atoms with E-state index in [1.165, 1.54) is 38.5 Å². The SMILES string of the molecule is CC(O)CC1CCCCCN1C1CCCCC1O. The summed E-state index contributed by atoms with van der Waals surface area (Å²) in [6, 6.07) is 0.825. The van der Waals surface area contributed by atoms with Gasteiger partial charge in [-0.2, -0.15) is 0 Å². The van der Waals surface area contributed by atoms with Crippen molar-refractivity contribution in [1.29, 1.82) is 0 Å². The van der Waals surface area contributed by atoms with E-state index in [-0.39, 0.29) is 12.2 Å². The van der Waals surface area contributed by atoms with Crippen molar-refractivity contribution in [3.8, 4) is 0 Å². The number of aliphatic hydroxyl groups is 2. The molecular formula is C15H29NO2. The number of nitrogens with zero attached hydrogens (tertiary/aromatic N) is 1. The Balaban J connectivity index is 2.03. The molecule has 1 aliphatic heterocycles. The van der Waals surface area contributed by atoms with E-state index in [0.29, 0.717) is 12.1 Å². The van der Waals surface area contributed by atoms with Crippen LogP contribution in [0.4, 0.5) is 0 Å². The fourth-order valence-corrected chi connectivity index (χ4v) is 3.76. The van der Waals surface area contributed by atoms with Gasteiger partial charge in [0.1, 0.15) is 0 Å². The van der Waals surface area contributed by atoms with Gasteiger partial charge in [0.25, 0.3) is 0 Å². The summed E-state index contributed by atoms with van der Waals surface area (Å²) in [7, 11) is 0. The van der Waals surface area contributed by atoms with Crippen LogP contribution in [-0.4, -0.2) is 45.9 Å². The zero-order valence-electron chi connectivity index (χ0n) is 11.7. The molecule has 3 nitrogen and oxygen atoms in total. The van der Waals surface area contributed by atoms with Gasteiger partial charge in [-0.25, -0.2) is 0 Å². The highest BCUT2D eigenvalue weighted by molar-refractivity contribution is 4.88. The highest BCUT2D eigenvalue weighted by Gasteiger charge is 2.33. The van der Waals surface area contributed by atoms with Gasteiger partial charge >= 0.3 is 0 Å². The smallest absolute Gasteiger partial charge is 0.0695 e. The molecule has 2 rings (SSSR count). The van der Waals surface area contributed by atoms with E-state index >= 15 is 0 Å². The highest BCUT2D eigenvalue weighted by Crippen LogP contribution is 2.30. The Labute approximate surface area is 111 Å². The average molecular weight is 255 g/mol. The summed E-state index contributed by atoms with van der Waals surface area (Å²) >= 11 is 0. The van der Waals surface area contributed by atoms with Crippen molar-refractivity contribution in [2.24, 2.45) is 0 Å². The second kappa shape index (κ2) is 6.88. The topological polar surface area (TPSA) is 43.7 Å². The lowest BCUT2D eigenvalue weighted by atomic mass is 9.89. The first-order chi connectivity index (χ1) is 8.68. The Morgan fingerprint density at radius 1 is 1.06 bits per heavy atom. The van der Waals surface area contributed by atoms with E-state index in [1.54, 1.807) is 0 Å². The van der Waals surface area contributed by atoms with Crippen LogP contribution in [0.2, 0.25) is 0 Å². The van der Waals surface area contributed by atoms with Gasteiger partial charge in [-0.15, -0.1) is 0 Å². The molecule has 1 saturated heterocycles. The standard InChI is InChI=1S/C15H29NO2/c1-12(17)11-13-7-3-2-6-10-16(13)14-8-4-5-9-15(14)18/h12-15,17-18H,2-11H2,1H3. The summed E-state index contributed by atoms with van der Waals surface area (Å²) in [4.78, 5) is 2.53. The summed E-state index contributed by atoms with van der Waals surface area (Å²) in [5, 5.41) is 20.0. The van der Waals surface area contributed by atoms with Crippen molar-refractivity contribution in [1.82, 2.24) is 4.90 Å². The summed E-state index contributed by atoms with van der Waals surface area (Å²) < 4.78 is 0. The Kier molecular flexibility index (Phi) is 5.46. The minimum atomic E-state index is -0.226. The molecule has 4 atom stereocenters. The van der Waals surface area contributed by atoms with Crippen LogP contribution in [0.25, 0.3) is 0 Å². The quantitative estimate of drug-likeness (QED) is 0.813. The molecule has 4 unspecified atom stereocenters. The van der Waals surface area contributed by atoms with Crippen LogP contribution < -0.4 is 0 Å². The lowest BCUT2D eigenvalue weighted by molar-refractivity contribution is -0.0110. The molecule has 106 valence electrons. The maximum absolute atomic E-state index is 10.3. The predicted octanol–water partition coefficient (Wildman–Crippen LogP) is 2.31. The molecule has 18 heavy (non-hydrogen) atoms. The minimum absolute atomic E-state index is 0.145. The third-order valence-corrected chi connectivity index (χ3v) is 4.66. The summed E-state index contributed by atoms with van der Waals surface area (Å²) in [5.74, 6) is 0. The predicted molar refractivity (Wildman–Crippen MR) is 73.5 cm³/mol. The van der Waals surface area contributed by atoms with Crippen LogP contribution in [0.5, 0.6) is 0 Å². The van der Waals surface area contributed by atoms with Crippen molar-refractivity contribution in [2.75, 3.05) is 6.54 Å². The van der Waals surface area contributed by atoms with Gasteiger partial charge in [0.05, 0.1) is 12.2 Å². The first kappa shape index (κ1) is 14.3. The van der Waals surface area contributed by atoms with Crippen LogP contribution in [0.1, 0.15) is 64.7 Å². The summed E-state index contributed by atoms with van der Waals surface area (Å²) in [6.07, 6.45) is 10.0. The van der Waals surface area contributed by atoms with Gasteiger partial charge in [0, 0.05) is 12.1 Å². The molecule has 2 aliphatic rings. The Morgan fingerprint density at radius 2 is 1.78 bits per heavy atom. The molecule has 1 heterocycles. The van der Waals surface area contributed by atoms with Gasteiger partial charge in [-0.3, -0.25) is 4.90 Å². The number of hydrogen-bond acceptors (Lipinski definition) is 3. The average Bonchev–Trinajstić information content (AvgIpc) is 2.55. The molecule has 0 radical (unpaired) electrons. The third kappa shape index (κ3) is 3.69. The summed E-state index contributed by atoms with van der Waals surface area (Å²) in [6.45, 7) is 3.00. The van der Waals surface area contributed by atoms with Crippen LogP contribution >= 0.6 is 0 Å². The minimum Gasteiger partial charge on any atom is -0.393 e. The first-order valence-electron chi connectivity index (χ1n) is 7.80. The van der Waals surface area contributed by atoms with Gasteiger partial charge in [-0.1, -0.05) is 25.7 Å². The zero-order chi connectivity index (χ0) is 13.0. The molecule has 1 saturated carbocycles. The zero-order valence-corrected chi connectivity index (χ0v) is 11.7. The van der Waals surface area contributed by atoms with Gasteiger partial charge < -0.3 is 10.2 Å². The Bertz CT molecular complexity index is 245. The van der Waals surface area contributed by atoms with Crippen LogP contribution in [0, 0.1) is 0 Å². The fourth-order valence-electron chi connectivity index (χ4n) is 3.76. The molecule has 2 fully saturated rings. The van der Waals surface area contributed by atoms with Crippen molar-refractivity contribution >= 4 is 0 Å². The van der Waals surface area contributed by atoms with E-state index < -0.39 is 0 Å². The van der Waals surface area contributed by atoms with Crippen LogP contribution in [-0.2, 0) is 0 Å². The van der Waals surface area contributed by atoms with E-state index in [1.807, 2.05) is 6.92 Å². The third-order valence-electron chi connectivity index (χ3n) is 4.66. The van der Waals surface area contributed by atoms with E-state index in [0.717, 1.165) is 25.8 Å². The second-order valence-electron chi connectivity index (χ2n) is 6.24. The van der Waals surface area contributed by atoms with Gasteiger partial charge in [0.15, 0.2) is 0 Å². The molecule has 0 amide bonds. The lowest BCUT2D eigenvalue weighted by Gasteiger charge is -2.42. The molecule has 0 bridgehead atoms. The largest absolute Gasteiger partial charge is 0.393 e. The van der Waals surface area contributed by atoms with Crippen LogP contribution in [0.3, 0.4) is 0 Å². The second-order valence-corrected chi connectivity index (χ2v) is 6.24. The Morgan fingerprint density at radius 3 is 2.50 bits per heavy atom. The normalized spacial score (nSPS) is 37.2. The lowest BCUT2D eigenvalue weighted by Crippen LogP contribution is -2.50. The molecule has 3 heteroatoms. The number of rotatable bonds is 3. The maximum Gasteiger partial charge on any atom is 0.0695 e. The van der Waals surface area contributed by atoms with Crippen molar-refractivity contribution in [2.45, 2.75) is 89.0 Å². The maximum atomic E-state index is 10.3. The number of hydrogen-bond donors (Lipinski definition) is 2. The van der Waals surface area contributed by atoms with E-state index in [9.17, 15) is 10.2 Å². The molecule has 0 spiro atoms. The van der Waals surface area contributed by atoms with Crippen LogP contribution in [0.15, 0.2) is 0 Å². The van der Waals surface area contributed by atoms with Crippen molar-refractivity contribution in [3.63, 3.8) is 0 Å². The molecule has 0 aromatic rings. The summed E-state index contributed by atoms with van der Waals surface area (Å²) in [5.41, 5.74) is 0. The van der Waals surface area contributed by atoms with Crippen molar-refractivity contribution < 1.29 is 10.2 Å². The number of likely N-dealkylation sites (tertiary alicyclic amines) is 1. The first-order valence-corrected chi connectivity index (χ1v) is 7.80. The molecule has 0 aromatic heterocycles. The molecule has 0 aromatic carbocycles. The van der Waals surface area contributed by atoms with Gasteiger partial charge in [-0.05, 0) is 45.6 Å². The van der Waals surface area contributed by atoms with Crippen molar-refractivity contribution in [3.05, 3.63) is 0 Å².